The Kier molecular flexibility index (Phi) is 5.17. The second-order valence-electron chi connectivity index (χ2n) is 5.44. The van der Waals surface area contributed by atoms with E-state index in [0.717, 1.165) is 6.92 Å². The molecule has 1 N–H and O–H groups in total. The maximum absolute atomic E-state index is 12.9. The summed E-state index contributed by atoms with van der Waals surface area (Å²) in [5.74, 6) is -1.20. The summed E-state index contributed by atoms with van der Waals surface area (Å²) in [5.41, 5.74) is 1.54. The van der Waals surface area contributed by atoms with Crippen LogP contribution in [-0.4, -0.2) is 30.2 Å². The molecule has 1 aromatic heterocycles. The number of sulfonamides is 1. The number of benzene rings is 1. The van der Waals surface area contributed by atoms with Crippen LogP contribution in [0.4, 0.5) is 11.6 Å². The number of anilines is 2. The molecule has 2 aromatic rings. The molecule has 1 heterocycles. The normalized spacial score (nSPS) is 11.0. The van der Waals surface area contributed by atoms with E-state index in [1.807, 2.05) is 0 Å². The Morgan fingerprint density at radius 1 is 1.00 bits per heavy atom. The van der Waals surface area contributed by atoms with Crippen LogP contribution in [-0.2, 0) is 19.6 Å². The van der Waals surface area contributed by atoms with Crippen LogP contribution < -0.4 is 9.62 Å². The van der Waals surface area contributed by atoms with E-state index < -0.39 is 15.9 Å². The van der Waals surface area contributed by atoms with Gasteiger partial charge in [-0.15, -0.1) is 0 Å². The smallest absolute Gasteiger partial charge is 0.273 e. The van der Waals surface area contributed by atoms with Crippen LogP contribution >= 0.6 is 0 Å². The molecule has 0 aliphatic carbocycles. The van der Waals surface area contributed by atoms with E-state index in [1.54, 1.807) is 19.9 Å². The van der Waals surface area contributed by atoms with Gasteiger partial charge in [-0.25, -0.2) is 18.4 Å². The maximum Gasteiger partial charge on any atom is 0.273 e. The molecular formula is C16H18N4O4S. The zero-order valence-electron chi connectivity index (χ0n) is 14.3. The summed E-state index contributed by atoms with van der Waals surface area (Å²) < 4.78 is 26.3. The van der Waals surface area contributed by atoms with E-state index in [0.29, 0.717) is 21.4 Å². The Balaban J connectivity index is 2.49. The van der Waals surface area contributed by atoms with Gasteiger partial charge in [0.05, 0.1) is 4.90 Å². The standard InChI is InChI=1S/C16H18N4O4S/c1-10-9-11(2)18-16(17-10)20(13(4)22)25(23,24)15-7-5-14(6-8-15)19-12(3)21/h5-9H,1-4H3,(H,19,21). The van der Waals surface area contributed by atoms with Crippen molar-refractivity contribution in [2.75, 3.05) is 9.62 Å². The lowest BCUT2D eigenvalue weighted by Gasteiger charge is -2.19. The fourth-order valence-corrected chi connectivity index (χ4v) is 3.56. The molecular weight excluding hydrogens is 344 g/mol. The molecule has 0 saturated heterocycles. The molecule has 9 heteroatoms. The highest BCUT2D eigenvalue weighted by atomic mass is 32.2. The van der Waals surface area contributed by atoms with Crippen molar-refractivity contribution in [1.29, 1.82) is 0 Å². The van der Waals surface area contributed by atoms with Gasteiger partial charge in [0.1, 0.15) is 0 Å². The van der Waals surface area contributed by atoms with E-state index >= 15 is 0 Å². The summed E-state index contributed by atoms with van der Waals surface area (Å²) in [4.78, 5) is 31.1. The lowest BCUT2D eigenvalue weighted by atomic mass is 10.3. The maximum atomic E-state index is 12.9. The van der Waals surface area contributed by atoms with Crippen molar-refractivity contribution in [1.82, 2.24) is 9.97 Å². The highest BCUT2D eigenvalue weighted by molar-refractivity contribution is 7.93. The number of rotatable bonds is 4. The molecule has 0 spiro atoms. The SMILES string of the molecule is CC(=O)Nc1ccc(S(=O)(=O)N(C(C)=O)c2nc(C)cc(C)n2)cc1. The quantitative estimate of drug-likeness (QED) is 0.888. The summed E-state index contributed by atoms with van der Waals surface area (Å²) >= 11 is 0. The van der Waals surface area contributed by atoms with Crippen molar-refractivity contribution in [2.45, 2.75) is 32.6 Å². The lowest BCUT2D eigenvalue weighted by Crippen LogP contribution is -2.36. The number of aryl methyl sites for hydroxylation is 2. The molecule has 0 atom stereocenters. The minimum absolute atomic E-state index is 0.112. The summed E-state index contributed by atoms with van der Waals surface area (Å²) in [6, 6.07) is 7.17. The van der Waals surface area contributed by atoms with Crippen molar-refractivity contribution < 1.29 is 18.0 Å². The molecule has 0 bridgehead atoms. The number of nitrogens with zero attached hydrogens (tertiary/aromatic N) is 3. The van der Waals surface area contributed by atoms with Crippen LogP contribution in [0, 0.1) is 13.8 Å². The summed E-state index contributed by atoms with van der Waals surface area (Å²) in [6.45, 7) is 5.85. The van der Waals surface area contributed by atoms with Crippen LogP contribution in [0.3, 0.4) is 0 Å². The molecule has 0 saturated carbocycles. The van der Waals surface area contributed by atoms with Crippen LogP contribution in [0.15, 0.2) is 35.2 Å². The van der Waals surface area contributed by atoms with Gasteiger partial charge in [-0.2, -0.15) is 4.31 Å². The first kappa shape index (κ1) is 18.5. The number of aromatic nitrogens is 2. The van der Waals surface area contributed by atoms with Gasteiger partial charge < -0.3 is 5.32 Å². The van der Waals surface area contributed by atoms with Gasteiger partial charge in [-0.1, -0.05) is 0 Å². The first-order valence-electron chi connectivity index (χ1n) is 7.37. The van der Waals surface area contributed by atoms with E-state index in [9.17, 15) is 18.0 Å². The molecule has 1 aromatic carbocycles. The van der Waals surface area contributed by atoms with E-state index in [2.05, 4.69) is 15.3 Å². The average Bonchev–Trinajstić information content (AvgIpc) is 2.45. The number of hydrogen-bond acceptors (Lipinski definition) is 6. The Morgan fingerprint density at radius 3 is 1.96 bits per heavy atom. The first-order valence-corrected chi connectivity index (χ1v) is 8.81. The number of carbonyl (C=O) groups excluding carboxylic acids is 2. The third-order valence-electron chi connectivity index (χ3n) is 3.15. The van der Waals surface area contributed by atoms with Gasteiger partial charge in [-0.05, 0) is 44.2 Å². The van der Waals surface area contributed by atoms with E-state index in [-0.39, 0.29) is 16.8 Å². The molecule has 8 nitrogen and oxygen atoms in total. The first-order chi connectivity index (χ1) is 11.6. The Morgan fingerprint density at radius 2 is 1.52 bits per heavy atom. The molecule has 0 aliphatic heterocycles. The molecule has 25 heavy (non-hydrogen) atoms. The van der Waals surface area contributed by atoms with Crippen molar-refractivity contribution in [3.8, 4) is 0 Å². The number of hydrogen-bond donors (Lipinski definition) is 1. The van der Waals surface area contributed by atoms with E-state index in [1.165, 1.54) is 31.2 Å². The molecule has 0 aliphatic rings. The van der Waals surface area contributed by atoms with Crippen LogP contribution in [0.25, 0.3) is 0 Å². The minimum Gasteiger partial charge on any atom is -0.326 e. The zero-order valence-corrected chi connectivity index (χ0v) is 15.1. The van der Waals surface area contributed by atoms with Gasteiger partial charge >= 0.3 is 0 Å². The Bertz CT molecular complexity index is 903. The van der Waals surface area contributed by atoms with Crippen molar-refractivity contribution in [3.05, 3.63) is 41.7 Å². The van der Waals surface area contributed by atoms with Gasteiger partial charge in [0.15, 0.2) is 0 Å². The molecule has 132 valence electrons. The van der Waals surface area contributed by atoms with Crippen LogP contribution in [0.2, 0.25) is 0 Å². The average molecular weight is 362 g/mol. The van der Waals surface area contributed by atoms with E-state index in [4.69, 9.17) is 0 Å². The molecule has 2 rings (SSSR count). The van der Waals surface area contributed by atoms with Gasteiger partial charge in [0.25, 0.3) is 10.0 Å². The van der Waals surface area contributed by atoms with Gasteiger partial charge in [-0.3, -0.25) is 9.59 Å². The fraction of sp³-hybridized carbons (Fsp3) is 0.250. The zero-order chi connectivity index (χ0) is 18.8. The third-order valence-corrected chi connectivity index (χ3v) is 4.92. The summed E-state index contributed by atoms with van der Waals surface area (Å²) in [5, 5.41) is 2.54. The molecule has 0 unspecified atom stereocenters. The van der Waals surface area contributed by atoms with Gasteiger partial charge in [0.2, 0.25) is 17.8 Å². The highest BCUT2D eigenvalue weighted by Crippen LogP contribution is 2.23. The van der Waals surface area contributed by atoms with Crippen molar-refractivity contribution in [2.24, 2.45) is 0 Å². The number of carbonyl (C=O) groups is 2. The monoisotopic (exact) mass is 362 g/mol. The predicted molar refractivity (Wildman–Crippen MR) is 92.6 cm³/mol. The largest absolute Gasteiger partial charge is 0.326 e. The Labute approximate surface area is 146 Å². The van der Waals surface area contributed by atoms with Crippen LogP contribution in [0.1, 0.15) is 25.2 Å². The van der Waals surface area contributed by atoms with Crippen LogP contribution in [0.5, 0.6) is 0 Å². The summed E-state index contributed by atoms with van der Waals surface area (Å²) in [7, 11) is -4.19. The second-order valence-corrected chi connectivity index (χ2v) is 7.23. The van der Waals surface area contributed by atoms with Gasteiger partial charge in [0, 0.05) is 30.9 Å². The molecule has 2 amide bonds. The fourth-order valence-electron chi connectivity index (χ4n) is 2.23. The second kappa shape index (κ2) is 6.98. The predicted octanol–water partition coefficient (Wildman–Crippen LogP) is 1.79. The molecule has 0 radical (unpaired) electrons. The summed E-state index contributed by atoms with van der Waals surface area (Å²) in [6.07, 6.45) is 0. The minimum atomic E-state index is -4.19. The highest BCUT2D eigenvalue weighted by Gasteiger charge is 2.31. The number of nitrogens with one attached hydrogen (secondary N) is 1. The topological polar surface area (TPSA) is 109 Å². The Hall–Kier alpha value is -2.81. The van der Waals surface area contributed by atoms with Crippen molar-refractivity contribution in [3.63, 3.8) is 0 Å². The third kappa shape index (κ3) is 4.18. The van der Waals surface area contributed by atoms with Crippen molar-refractivity contribution >= 4 is 33.5 Å². The lowest BCUT2D eigenvalue weighted by molar-refractivity contribution is -0.115. The molecule has 0 fully saturated rings. The number of amides is 2.